The lowest BCUT2D eigenvalue weighted by molar-refractivity contribution is -0.377. The zero-order chi connectivity index (χ0) is 109. The van der Waals surface area contributed by atoms with Crippen molar-refractivity contribution in [3.05, 3.63) is 46.6 Å². The average Bonchev–Trinajstić information content (AvgIpc) is 0.768. The molecule has 2 aliphatic rings. The Bertz CT molecular complexity index is 3250. The largest absolute Gasteiger partial charge is 0.459 e. The molecule has 4 unspecified atom stereocenters. The minimum absolute atomic E-state index is 0.00140. The lowest BCUT2D eigenvalue weighted by Gasteiger charge is -2.47. The van der Waals surface area contributed by atoms with E-state index in [0.717, 1.165) is 103 Å². The zero-order valence-electron chi connectivity index (χ0n) is 101. The van der Waals surface area contributed by atoms with Gasteiger partial charge in [-0.05, 0) is 107 Å². The summed E-state index contributed by atoms with van der Waals surface area (Å²) in [6, 6.07) is 0. The van der Waals surface area contributed by atoms with E-state index in [0.29, 0.717) is 41.2 Å². The Morgan fingerprint density at radius 1 is 0.248 bits per heavy atom. The molecular formula is C133H246O16. The van der Waals surface area contributed by atoms with Crippen LogP contribution >= 0.6 is 0 Å². The van der Waals surface area contributed by atoms with Crippen LogP contribution in [0.1, 0.15) is 651 Å². The van der Waals surface area contributed by atoms with E-state index >= 15 is 9.59 Å². The first-order chi connectivity index (χ1) is 72.2. The molecule has 2 aliphatic heterocycles. The summed E-state index contributed by atoms with van der Waals surface area (Å²) < 4.78 is 52.3. The van der Waals surface area contributed by atoms with Gasteiger partial charge in [0.2, 0.25) is 12.6 Å². The minimum Gasteiger partial charge on any atom is -0.459 e. The number of aliphatic hydroxyl groups excluding tert-OH is 3. The molecule has 0 amide bonds. The maximum Gasteiger partial charge on any atom is 0.333 e. The highest BCUT2D eigenvalue weighted by atomic mass is 16.8. The molecule has 16 nitrogen and oxygen atoms in total. The fourth-order valence-electron chi connectivity index (χ4n) is 23.3. The second-order valence-electron chi connectivity index (χ2n) is 48.5. The molecule has 0 radical (unpaired) electrons. The molecule has 149 heavy (non-hydrogen) atoms. The van der Waals surface area contributed by atoms with E-state index in [9.17, 15) is 29.7 Å². The van der Waals surface area contributed by atoms with Gasteiger partial charge in [0.1, 0.15) is 31.0 Å². The molecule has 0 aromatic carbocycles. The van der Waals surface area contributed by atoms with Crippen LogP contribution in [0, 0.1) is 47.3 Å². The van der Waals surface area contributed by atoms with E-state index in [1.807, 2.05) is 24.3 Å². The first-order valence-electron chi connectivity index (χ1n) is 64.9. The summed E-state index contributed by atoms with van der Waals surface area (Å²) in [6.07, 6.45) is 92.3. The molecule has 2 rings (SSSR count). The van der Waals surface area contributed by atoms with Crippen LogP contribution in [0.25, 0.3) is 0 Å². The van der Waals surface area contributed by atoms with Crippen LogP contribution in [-0.2, 0) is 61.9 Å². The number of ether oxygens (including phenoxy) is 8. The van der Waals surface area contributed by atoms with Crippen molar-refractivity contribution in [1.82, 2.24) is 0 Å². The minimum atomic E-state index is -1.92. The molecule has 2 fully saturated rings. The number of unbranched alkanes of at least 4 members (excludes halogenated alkanes) is 69. The Hall–Kier alpha value is -3.93. The van der Waals surface area contributed by atoms with E-state index in [1.54, 1.807) is 27.7 Å². The first kappa shape index (κ1) is 141. The molecule has 0 aliphatic carbocycles. The summed E-state index contributed by atoms with van der Waals surface area (Å²) in [5, 5.41) is 37.6. The van der Waals surface area contributed by atoms with Gasteiger partial charge in [-0.3, -0.25) is 4.79 Å². The molecule has 3 N–H and O–H groups in total. The van der Waals surface area contributed by atoms with Crippen LogP contribution in [0.3, 0.4) is 0 Å². The van der Waals surface area contributed by atoms with E-state index in [1.165, 1.54) is 417 Å². The smallest absolute Gasteiger partial charge is 0.333 e. The van der Waals surface area contributed by atoms with Gasteiger partial charge in [0.15, 0.2) is 24.4 Å². The molecule has 2 heterocycles. The van der Waals surface area contributed by atoms with Crippen LogP contribution in [0.2, 0.25) is 0 Å². The van der Waals surface area contributed by atoms with E-state index in [-0.39, 0.29) is 41.2 Å². The predicted molar refractivity (Wildman–Crippen MR) is 628 cm³/mol. The highest BCUT2D eigenvalue weighted by Crippen LogP contribution is 2.38. The highest BCUT2D eigenvalue weighted by molar-refractivity contribution is 5.89. The van der Waals surface area contributed by atoms with E-state index < -0.39 is 104 Å². The van der Waals surface area contributed by atoms with Gasteiger partial charge in [-0.15, -0.1) is 0 Å². The molecule has 0 saturated carbocycles. The molecule has 874 valence electrons. The predicted octanol–water partition coefficient (Wildman–Crippen LogP) is 38.7. The van der Waals surface area contributed by atoms with E-state index in [4.69, 9.17) is 37.9 Å². The van der Waals surface area contributed by atoms with E-state index in [2.05, 4.69) is 90.0 Å². The summed E-state index contributed by atoms with van der Waals surface area (Å²) in [5.74, 6) is -2.17. The van der Waals surface area contributed by atoms with Crippen LogP contribution in [0.15, 0.2) is 46.6 Å². The van der Waals surface area contributed by atoms with Crippen molar-refractivity contribution >= 4 is 29.8 Å². The maximum absolute atomic E-state index is 15.1. The summed E-state index contributed by atoms with van der Waals surface area (Å²) in [6.45, 7) is 34.2. The van der Waals surface area contributed by atoms with Crippen molar-refractivity contribution in [3.63, 3.8) is 0 Å². The molecule has 0 bridgehead atoms. The Morgan fingerprint density at radius 3 is 0.705 bits per heavy atom. The number of carbonyl (C=O) groups excluding carboxylic acids is 5. The first-order valence-corrected chi connectivity index (χ1v) is 64.9. The van der Waals surface area contributed by atoms with Crippen molar-refractivity contribution < 1.29 is 77.2 Å². The summed E-state index contributed by atoms with van der Waals surface area (Å²) in [7, 11) is 0. The Kier molecular flexibility index (Phi) is 92.2. The molecular weight excluding hydrogens is 1850 g/mol. The maximum atomic E-state index is 15.1. The Labute approximate surface area is 920 Å². The van der Waals surface area contributed by atoms with Gasteiger partial charge in [0, 0.05) is 28.7 Å². The lowest BCUT2D eigenvalue weighted by Crippen LogP contribution is -2.66. The lowest BCUT2D eigenvalue weighted by atomic mass is 9.91. The number of hydrogen-bond acceptors (Lipinski definition) is 16. The normalized spacial score (nSPS) is 20.1. The van der Waals surface area contributed by atoms with Gasteiger partial charge in [-0.2, -0.15) is 0 Å². The molecule has 2 saturated heterocycles. The standard InChI is InChI=1S/C133H246O16/c1-18-23-28-33-38-43-48-53-57-59-61-66-70-75-80-85-90-95-110(9)100-114(13)104-118(17)131(141)148-126-123(137)124(146-129(139)116(15)102-112(11)98-108(7)93-88-83-78-72-67-63-55-50-45-40-35-30-25-20-3)119(105-134)143-132(126)149-133-127(145-121(135)96-91-86-81-76-71-62-52-47-42-37-32-27-22-5)125(147-130(140)117(16)103-113(12)99-109(8)94-89-84-79-73-68-64-56-51-46-41-36-31-26-21-4)122(136)120(144-133)106-142-128(138)115(14)101-111(10)97-107(6)92-87-82-77-74-69-65-60-58-54-49-44-39-34-29-24-19-2/h101-104,107-114,119-120,122-127,132-134,136-137H,18-100,105-106H2,1-17H3/b115-101+,116-102+,117-103+,118-104+/t107-,108-,109-,110-,111-,112-,113-,114-,119?,120?,122+,123?,124+,125?,126-,127+,132+,133+/m0/s1. The number of allylic oxidation sites excluding steroid dienone is 4. The van der Waals surface area contributed by atoms with Crippen LogP contribution < -0.4 is 0 Å². The third-order valence-corrected chi connectivity index (χ3v) is 32.5. The highest BCUT2D eigenvalue weighted by Gasteiger charge is 2.56. The van der Waals surface area contributed by atoms with Crippen molar-refractivity contribution in [2.24, 2.45) is 47.3 Å². The average molecular weight is 2100 g/mol. The monoisotopic (exact) mass is 2100 g/mol. The van der Waals surface area contributed by atoms with Crippen molar-refractivity contribution in [2.75, 3.05) is 13.2 Å². The summed E-state index contributed by atoms with van der Waals surface area (Å²) >= 11 is 0. The molecule has 0 spiro atoms. The second-order valence-corrected chi connectivity index (χ2v) is 48.5. The van der Waals surface area contributed by atoms with Gasteiger partial charge in [-0.1, -0.05) is 609 Å². The van der Waals surface area contributed by atoms with Gasteiger partial charge in [0.05, 0.1) is 6.61 Å². The Balaban J connectivity index is 2.69. The summed E-state index contributed by atoms with van der Waals surface area (Å²) in [5.41, 5.74) is 1.18. The molecule has 0 aromatic rings. The number of aliphatic hydroxyl groups is 3. The van der Waals surface area contributed by atoms with Crippen molar-refractivity contribution in [1.29, 1.82) is 0 Å². The molecule has 0 aromatic heterocycles. The van der Waals surface area contributed by atoms with Crippen molar-refractivity contribution in [2.45, 2.75) is 712 Å². The Morgan fingerprint density at radius 2 is 0.456 bits per heavy atom. The van der Waals surface area contributed by atoms with Gasteiger partial charge in [-0.25, -0.2) is 19.2 Å². The summed E-state index contributed by atoms with van der Waals surface area (Å²) in [4.78, 5) is 74.1. The van der Waals surface area contributed by atoms with Crippen LogP contribution in [0.5, 0.6) is 0 Å². The SMILES string of the molecule is CCCCCCCCCCCCCCCCCCC[C@H](C)C[C@H](C)/C=C(\C)C(=O)O[C@H]1C(O)[C@H](OC(=O)/C(C)=C/[C@@H](C)C[C@@H](C)CCCCCCCCCCCCCCCC)C(CO)O[C@@H]1O[C@H]1OC(COC(=O)/C(C)=C/[C@@H](C)C[C@@H](C)CCCCCCCCCCCCCCCCCC)[C@@H](O)C(OC(=O)/C(C)=C/[C@@H](C)C[C@@H](C)CCCCCCCCCCCCCCCC)[C@H]1OC(=O)CCCCCCCCCCCCCCC. The van der Waals surface area contributed by atoms with Gasteiger partial charge >= 0.3 is 29.8 Å². The van der Waals surface area contributed by atoms with Crippen LogP contribution in [-0.4, -0.2) is 120 Å². The molecule has 18 atom stereocenters. The fraction of sp³-hybridized carbons (Fsp3) is 0.902. The zero-order valence-corrected chi connectivity index (χ0v) is 101. The number of hydrogen-bond donors (Lipinski definition) is 3. The third-order valence-electron chi connectivity index (χ3n) is 32.5. The number of esters is 5. The van der Waals surface area contributed by atoms with Crippen molar-refractivity contribution in [3.8, 4) is 0 Å². The quantitative estimate of drug-likeness (QED) is 0.0223. The number of rotatable bonds is 104. The number of carbonyl (C=O) groups is 5. The van der Waals surface area contributed by atoms with Crippen LogP contribution in [0.4, 0.5) is 0 Å². The molecule has 16 heteroatoms. The fourth-order valence-corrected chi connectivity index (χ4v) is 23.3. The van der Waals surface area contributed by atoms with Gasteiger partial charge in [0.25, 0.3) is 0 Å². The second kappa shape index (κ2) is 97.3. The topological polar surface area (TPSA) is 220 Å². The third kappa shape index (κ3) is 76.4. The van der Waals surface area contributed by atoms with Gasteiger partial charge < -0.3 is 53.2 Å².